The zero-order valence-electron chi connectivity index (χ0n) is 12.5. The highest BCUT2D eigenvalue weighted by Crippen LogP contribution is 2.35. The summed E-state index contributed by atoms with van der Waals surface area (Å²) >= 11 is 7.05. The van der Waals surface area contributed by atoms with Crippen molar-refractivity contribution in [2.24, 2.45) is 0 Å². The summed E-state index contributed by atoms with van der Waals surface area (Å²) in [5, 5.41) is 3.46. The molecule has 1 N–H and O–H groups in total. The molecule has 0 aliphatic rings. The van der Waals surface area contributed by atoms with Crippen LogP contribution in [0.2, 0.25) is 0 Å². The van der Waals surface area contributed by atoms with Gasteiger partial charge in [-0.25, -0.2) is 0 Å². The van der Waals surface area contributed by atoms with Crippen LogP contribution in [0, 0.1) is 26.2 Å². The maximum absolute atomic E-state index is 5.52. The van der Waals surface area contributed by atoms with Gasteiger partial charge in [0.25, 0.3) is 0 Å². The van der Waals surface area contributed by atoms with Gasteiger partial charge in [0.2, 0.25) is 0 Å². The molecule has 0 saturated carbocycles. The topological polar surface area (TPSA) is 21.3 Å². The molecule has 2 aromatic carbocycles. The van der Waals surface area contributed by atoms with Crippen molar-refractivity contribution in [3.8, 4) is 18.1 Å². The van der Waals surface area contributed by atoms with Crippen LogP contribution < -0.4 is 10.1 Å². The van der Waals surface area contributed by atoms with Crippen LogP contribution in [-0.2, 0) is 6.54 Å². The number of halogens is 2. The largest absolute Gasteiger partial charge is 0.479 e. The van der Waals surface area contributed by atoms with Crippen LogP contribution in [0.15, 0.2) is 39.3 Å². The average Bonchev–Trinajstić information content (AvgIpc) is 2.45. The molecule has 0 aliphatic heterocycles. The Morgan fingerprint density at radius 2 is 1.82 bits per heavy atom. The van der Waals surface area contributed by atoms with E-state index >= 15 is 0 Å². The predicted molar refractivity (Wildman–Crippen MR) is 99.4 cm³/mol. The number of terminal acetylenes is 1. The first kappa shape index (κ1) is 16.9. The van der Waals surface area contributed by atoms with E-state index in [1.54, 1.807) is 0 Å². The van der Waals surface area contributed by atoms with Gasteiger partial charge in [0.15, 0.2) is 0 Å². The van der Waals surface area contributed by atoms with Crippen molar-refractivity contribution in [3.05, 3.63) is 56.0 Å². The van der Waals surface area contributed by atoms with Crippen LogP contribution >= 0.6 is 31.9 Å². The standard InChI is InChI=1S/C18H17Br2NO/c1-4-7-22-18-15(19)9-14(10-16(18)20)11-21-17-6-5-12(2)8-13(17)3/h1,5-6,8-10,21H,7,11H2,2-3H3. The summed E-state index contributed by atoms with van der Waals surface area (Å²) in [6.07, 6.45) is 5.23. The molecule has 0 heterocycles. The molecule has 0 amide bonds. The van der Waals surface area contributed by atoms with Crippen molar-refractivity contribution in [1.29, 1.82) is 0 Å². The number of nitrogens with one attached hydrogen (secondary N) is 1. The lowest BCUT2D eigenvalue weighted by molar-refractivity contribution is 0.365. The van der Waals surface area contributed by atoms with E-state index in [1.165, 1.54) is 11.1 Å². The van der Waals surface area contributed by atoms with Gasteiger partial charge in [0.1, 0.15) is 12.4 Å². The van der Waals surface area contributed by atoms with Crippen molar-refractivity contribution < 1.29 is 4.74 Å². The zero-order valence-corrected chi connectivity index (χ0v) is 15.7. The first-order chi connectivity index (χ1) is 10.5. The number of aryl methyl sites for hydroxylation is 2. The maximum Gasteiger partial charge on any atom is 0.149 e. The second-order valence-electron chi connectivity index (χ2n) is 5.05. The molecule has 0 aliphatic carbocycles. The average molecular weight is 423 g/mol. The van der Waals surface area contributed by atoms with Gasteiger partial charge in [-0.1, -0.05) is 23.6 Å². The number of hydrogen-bond donors (Lipinski definition) is 1. The number of rotatable bonds is 5. The van der Waals surface area contributed by atoms with E-state index < -0.39 is 0 Å². The van der Waals surface area contributed by atoms with Gasteiger partial charge < -0.3 is 10.1 Å². The SMILES string of the molecule is C#CCOc1c(Br)cc(CNc2ccc(C)cc2C)cc1Br. The third kappa shape index (κ3) is 4.28. The first-order valence-corrected chi connectivity index (χ1v) is 8.45. The van der Waals surface area contributed by atoms with Crippen molar-refractivity contribution in [1.82, 2.24) is 0 Å². The molecule has 0 unspecified atom stereocenters. The Morgan fingerprint density at radius 3 is 2.41 bits per heavy atom. The highest BCUT2D eigenvalue weighted by molar-refractivity contribution is 9.11. The Balaban J connectivity index is 2.12. The third-order valence-corrected chi connectivity index (χ3v) is 4.40. The summed E-state index contributed by atoms with van der Waals surface area (Å²) in [5.74, 6) is 3.20. The lowest BCUT2D eigenvalue weighted by Crippen LogP contribution is -2.02. The quantitative estimate of drug-likeness (QED) is 0.646. The molecule has 22 heavy (non-hydrogen) atoms. The molecule has 2 nitrogen and oxygen atoms in total. The number of hydrogen-bond acceptors (Lipinski definition) is 2. The van der Waals surface area contributed by atoms with E-state index in [9.17, 15) is 0 Å². The fourth-order valence-corrected chi connectivity index (χ4v) is 3.69. The van der Waals surface area contributed by atoms with Gasteiger partial charge >= 0.3 is 0 Å². The van der Waals surface area contributed by atoms with E-state index in [1.807, 2.05) is 12.1 Å². The summed E-state index contributed by atoms with van der Waals surface area (Å²) in [7, 11) is 0. The zero-order chi connectivity index (χ0) is 16.1. The lowest BCUT2D eigenvalue weighted by Gasteiger charge is -2.13. The second kappa shape index (κ2) is 7.71. The van der Waals surface area contributed by atoms with E-state index in [0.29, 0.717) is 0 Å². The molecular formula is C18H17Br2NO. The van der Waals surface area contributed by atoms with Gasteiger partial charge in [-0.3, -0.25) is 0 Å². The minimum absolute atomic E-state index is 0.247. The molecule has 0 atom stereocenters. The first-order valence-electron chi connectivity index (χ1n) is 6.86. The molecule has 0 bridgehead atoms. The van der Waals surface area contributed by atoms with Crippen LogP contribution in [0.1, 0.15) is 16.7 Å². The Hall–Kier alpha value is -1.44. The lowest BCUT2D eigenvalue weighted by atomic mass is 10.1. The van der Waals surface area contributed by atoms with Crippen LogP contribution in [0.25, 0.3) is 0 Å². The predicted octanol–water partition coefficient (Wildman–Crippen LogP) is 5.45. The number of benzene rings is 2. The van der Waals surface area contributed by atoms with Crippen molar-refractivity contribution in [3.63, 3.8) is 0 Å². The van der Waals surface area contributed by atoms with Gasteiger partial charge in [-0.15, -0.1) is 6.42 Å². The Bertz CT molecular complexity index is 697. The second-order valence-corrected chi connectivity index (χ2v) is 6.76. The van der Waals surface area contributed by atoms with Crippen LogP contribution in [-0.4, -0.2) is 6.61 Å². The number of ether oxygens (including phenoxy) is 1. The van der Waals surface area contributed by atoms with Crippen molar-refractivity contribution in [2.45, 2.75) is 20.4 Å². The van der Waals surface area contributed by atoms with Crippen LogP contribution in [0.3, 0.4) is 0 Å². The van der Waals surface area contributed by atoms with Gasteiger partial charge in [-0.2, -0.15) is 0 Å². The highest BCUT2D eigenvalue weighted by Gasteiger charge is 2.09. The molecule has 0 aromatic heterocycles. The molecule has 0 spiro atoms. The molecule has 0 fully saturated rings. The van der Waals surface area contributed by atoms with Crippen molar-refractivity contribution >= 4 is 37.5 Å². The molecule has 2 aromatic rings. The Labute approximate surface area is 148 Å². The fraction of sp³-hybridized carbons (Fsp3) is 0.222. The summed E-state index contributed by atoms with van der Waals surface area (Å²) in [6, 6.07) is 10.5. The van der Waals surface area contributed by atoms with E-state index in [-0.39, 0.29) is 6.61 Å². The molecule has 2 rings (SSSR count). The van der Waals surface area contributed by atoms with Crippen LogP contribution in [0.5, 0.6) is 5.75 Å². The summed E-state index contributed by atoms with van der Waals surface area (Å²) in [6.45, 7) is 5.19. The Kier molecular flexibility index (Phi) is 5.93. The highest BCUT2D eigenvalue weighted by atomic mass is 79.9. The van der Waals surface area contributed by atoms with Gasteiger partial charge in [0, 0.05) is 12.2 Å². The maximum atomic E-state index is 5.52. The Morgan fingerprint density at radius 1 is 1.14 bits per heavy atom. The number of anilines is 1. The molecular weight excluding hydrogens is 406 g/mol. The van der Waals surface area contributed by atoms with Crippen molar-refractivity contribution in [2.75, 3.05) is 11.9 Å². The molecule has 0 saturated heterocycles. The monoisotopic (exact) mass is 421 g/mol. The summed E-state index contributed by atoms with van der Waals surface area (Å²) in [5.41, 5.74) is 4.80. The fourth-order valence-electron chi connectivity index (χ4n) is 2.18. The van der Waals surface area contributed by atoms with E-state index in [0.717, 1.165) is 32.5 Å². The minimum atomic E-state index is 0.247. The third-order valence-electron chi connectivity index (χ3n) is 3.22. The van der Waals surface area contributed by atoms with Gasteiger partial charge in [0.05, 0.1) is 8.95 Å². The summed E-state index contributed by atoms with van der Waals surface area (Å²) < 4.78 is 7.28. The smallest absolute Gasteiger partial charge is 0.149 e. The normalized spacial score (nSPS) is 10.1. The van der Waals surface area contributed by atoms with Crippen LogP contribution in [0.4, 0.5) is 5.69 Å². The minimum Gasteiger partial charge on any atom is -0.479 e. The van der Waals surface area contributed by atoms with Gasteiger partial charge in [-0.05, 0) is 75.0 Å². The summed E-state index contributed by atoms with van der Waals surface area (Å²) in [4.78, 5) is 0. The molecule has 0 radical (unpaired) electrons. The molecule has 4 heteroatoms. The molecule has 114 valence electrons. The van der Waals surface area contributed by atoms with E-state index in [2.05, 4.69) is 75.1 Å². The van der Waals surface area contributed by atoms with E-state index in [4.69, 9.17) is 11.2 Å².